The van der Waals surface area contributed by atoms with Gasteiger partial charge in [-0.25, -0.2) is 9.97 Å². The third-order valence-electron chi connectivity index (χ3n) is 10.2. The van der Waals surface area contributed by atoms with Gasteiger partial charge in [-0.1, -0.05) is 109 Å². The van der Waals surface area contributed by atoms with Gasteiger partial charge in [0.1, 0.15) is 11.2 Å². The van der Waals surface area contributed by atoms with Crippen LogP contribution in [0.1, 0.15) is 0 Å². The Morgan fingerprint density at radius 1 is 0.480 bits per heavy atom. The van der Waals surface area contributed by atoms with Crippen molar-refractivity contribution in [3.63, 3.8) is 0 Å². The Kier molecular flexibility index (Phi) is 5.23. The first-order valence-corrected chi connectivity index (χ1v) is 18.3. The Morgan fingerprint density at radius 3 is 1.98 bits per heavy atom. The Balaban J connectivity index is 1.27. The molecule has 0 aliphatic carbocycles. The van der Waals surface area contributed by atoms with Crippen molar-refractivity contribution in [3.8, 4) is 17.2 Å². The molecule has 0 radical (unpaired) electrons. The van der Waals surface area contributed by atoms with Gasteiger partial charge in [0.15, 0.2) is 0 Å². The molecule has 0 fully saturated rings. The molecule has 7 aromatic carbocycles. The van der Waals surface area contributed by atoms with Gasteiger partial charge in [-0.15, -0.1) is 22.7 Å². The van der Waals surface area contributed by atoms with Gasteiger partial charge in [-0.05, 0) is 41.1 Å². The first-order valence-electron chi connectivity index (χ1n) is 16.7. The quantitative estimate of drug-likeness (QED) is 0.183. The van der Waals surface area contributed by atoms with E-state index < -0.39 is 0 Å². The Bertz CT molecular complexity index is 3400. The number of hydrogen-bond donors (Lipinski definition) is 0. The van der Waals surface area contributed by atoms with Crippen molar-refractivity contribution < 1.29 is 4.42 Å². The highest BCUT2D eigenvalue weighted by molar-refractivity contribution is 7.27. The molecule has 0 spiro atoms. The maximum absolute atomic E-state index is 6.54. The lowest BCUT2D eigenvalue weighted by atomic mass is 9.97. The number of para-hydroxylation sites is 2. The number of fused-ring (bicyclic) bond motifs is 15. The molecule has 6 heteroatoms. The summed E-state index contributed by atoms with van der Waals surface area (Å²) in [5, 5.41) is 10.6. The molecule has 232 valence electrons. The maximum Gasteiger partial charge on any atom is 0.235 e. The van der Waals surface area contributed by atoms with E-state index in [1.54, 1.807) is 11.3 Å². The van der Waals surface area contributed by atoms with Crippen molar-refractivity contribution in [2.75, 3.05) is 0 Å². The third-order valence-corrected chi connectivity index (χ3v) is 12.6. The Morgan fingerprint density at radius 2 is 1.12 bits per heavy atom. The zero-order valence-corrected chi connectivity index (χ0v) is 28.0. The lowest BCUT2D eigenvalue weighted by molar-refractivity contribution is 0.669. The SMILES string of the molecule is c1ccc2c(c1)oc1cc(-c3nc(-n4c5ccccc5c5ccc6c7ccccc7sc6c54)nc4c3sc3ccccc34)c3ccccc3c12. The van der Waals surface area contributed by atoms with E-state index in [2.05, 4.69) is 132 Å². The molecule has 0 unspecified atom stereocenters. The molecule has 0 aliphatic rings. The summed E-state index contributed by atoms with van der Waals surface area (Å²) < 4.78 is 13.6. The predicted molar refractivity (Wildman–Crippen MR) is 212 cm³/mol. The van der Waals surface area contributed by atoms with Gasteiger partial charge >= 0.3 is 0 Å². The van der Waals surface area contributed by atoms with Crippen molar-refractivity contribution in [1.29, 1.82) is 0 Å². The highest BCUT2D eigenvalue weighted by Crippen LogP contribution is 2.46. The first kappa shape index (κ1) is 26.8. The number of furan rings is 1. The molecule has 0 bridgehead atoms. The number of benzene rings is 7. The number of aromatic nitrogens is 3. The van der Waals surface area contributed by atoms with Crippen LogP contribution in [0.4, 0.5) is 0 Å². The fourth-order valence-corrected chi connectivity index (χ4v) is 10.5. The van der Waals surface area contributed by atoms with Crippen molar-refractivity contribution in [2.24, 2.45) is 0 Å². The summed E-state index contributed by atoms with van der Waals surface area (Å²) in [5.41, 5.74) is 6.91. The molecule has 5 aromatic heterocycles. The van der Waals surface area contributed by atoms with Crippen LogP contribution < -0.4 is 0 Å². The number of nitrogens with zero attached hydrogens (tertiary/aromatic N) is 3. The second-order valence-electron chi connectivity index (χ2n) is 12.9. The summed E-state index contributed by atoms with van der Waals surface area (Å²) in [4.78, 5) is 11.1. The maximum atomic E-state index is 6.54. The molecular formula is C44H23N3OS2. The molecule has 0 N–H and O–H groups in total. The minimum Gasteiger partial charge on any atom is -0.456 e. The van der Waals surface area contributed by atoms with Gasteiger partial charge in [0.2, 0.25) is 5.95 Å². The third kappa shape index (κ3) is 3.49. The molecule has 0 aliphatic heterocycles. The van der Waals surface area contributed by atoms with Gasteiger partial charge in [-0.3, -0.25) is 4.57 Å². The van der Waals surface area contributed by atoms with Gasteiger partial charge < -0.3 is 4.42 Å². The number of rotatable bonds is 2. The van der Waals surface area contributed by atoms with E-state index >= 15 is 0 Å². The highest BCUT2D eigenvalue weighted by atomic mass is 32.1. The summed E-state index contributed by atoms with van der Waals surface area (Å²) in [6.45, 7) is 0. The van der Waals surface area contributed by atoms with Crippen molar-refractivity contribution in [1.82, 2.24) is 14.5 Å². The standard InChI is InChI=1S/C44H23N3OS2/c1-2-14-27-24(11-1)32(23-35-38(27)30-15-4-8-18-34(30)48-35)40-43-39(31-16-6-10-20-37(31)50-43)45-44(46-40)47-33-17-7-3-12-25(33)28-21-22-29-26-13-5-9-19-36(26)49-42(29)41(28)47/h1-23H. The van der Waals surface area contributed by atoms with Crippen LogP contribution >= 0.6 is 22.7 Å². The molecular weight excluding hydrogens is 651 g/mol. The minimum atomic E-state index is 0.668. The molecule has 12 rings (SSSR count). The van der Waals surface area contributed by atoms with Gasteiger partial charge in [0.25, 0.3) is 0 Å². The van der Waals surface area contributed by atoms with Crippen molar-refractivity contribution >= 4 is 118 Å². The normalized spacial score (nSPS) is 12.4. The van der Waals surface area contributed by atoms with Gasteiger partial charge in [-0.2, -0.15) is 0 Å². The van der Waals surface area contributed by atoms with E-state index in [4.69, 9.17) is 14.4 Å². The summed E-state index contributed by atoms with van der Waals surface area (Å²) in [5.74, 6) is 0.668. The van der Waals surface area contributed by atoms with Crippen LogP contribution in [-0.2, 0) is 0 Å². The first-order chi connectivity index (χ1) is 24.8. The van der Waals surface area contributed by atoms with E-state index in [0.29, 0.717) is 5.95 Å². The molecule has 5 heterocycles. The molecule has 4 nitrogen and oxygen atoms in total. The monoisotopic (exact) mass is 673 g/mol. The predicted octanol–water partition coefficient (Wildman–Crippen LogP) is 13.0. The second-order valence-corrected chi connectivity index (χ2v) is 15.0. The van der Waals surface area contributed by atoms with Crippen LogP contribution in [0.25, 0.3) is 112 Å². The fourth-order valence-electron chi connectivity index (χ4n) is 8.08. The largest absolute Gasteiger partial charge is 0.456 e. The van der Waals surface area contributed by atoms with Crippen LogP contribution in [-0.4, -0.2) is 14.5 Å². The van der Waals surface area contributed by atoms with E-state index in [9.17, 15) is 0 Å². The lowest BCUT2D eigenvalue weighted by Gasteiger charge is -2.12. The molecule has 50 heavy (non-hydrogen) atoms. The van der Waals surface area contributed by atoms with Crippen LogP contribution in [0.3, 0.4) is 0 Å². The lowest BCUT2D eigenvalue weighted by Crippen LogP contribution is -2.03. The number of thiophene rings is 2. The minimum absolute atomic E-state index is 0.668. The van der Waals surface area contributed by atoms with Crippen LogP contribution in [0.2, 0.25) is 0 Å². The molecule has 0 amide bonds. The van der Waals surface area contributed by atoms with Gasteiger partial charge in [0.05, 0.1) is 31.6 Å². The zero-order chi connectivity index (χ0) is 32.5. The summed E-state index contributed by atoms with van der Waals surface area (Å²) >= 11 is 3.60. The zero-order valence-electron chi connectivity index (χ0n) is 26.3. The Labute approximate surface area is 292 Å². The second kappa shape index (κ2) is 9.76. The van der Waals surface area contributed by atoms with E-state index in [1.165, 1.54) is 35.6 Å². The highest BCUT2D eigenvalue weighted by Gasteiger charge is 2.24. The van der Waals surface area contributed by atoms with Crippen LogP contribution in [0, 0.1) is 0 Å². The molecule has 0 atom stereocenters. The summed E-state index contributed by atoms with van der Waals surface area (Å²) in [7, 11) is 0. The summed E-state index contributed by atoms with van der Waals surface area (Å²) in [6.07, 6.45) is 0. The van der Waals surface area contributed by atoms with Gasteiger partial charge in [0, 0.05) is 52.7 Å². The van der Waals surface area contributed by atoms with E-state index in [-0.39, 0.29) is 0 Å². The smallest absolute Gasteiger partial charge is 0.235 e. The van der Waals surface area contributed by atoms with Crippen LogP contribution in [0.15, 0.2) is 144 Å². The topological polar surface area (TPSA) is 43.9 Å². The molecule has 0 saturated heterocycles. The molecule has 0 saturated carbocycles. The fraction of sp³-hybridized carbons (Fsp3) is 0. The van der Waals surface area contributed by atoms with Crippen molar-refractivity contribution in [3.05, 3.63) is 140 Å². The van der Waals surface area contributed by atoms with E-state index in [0.717, 1.165) is 70.6 Å². The van der Waals surface area contributed by atoms with Crippen molar-refractivity contribution in [2.45, 2.75) is 0 Å². The molecule has 12 aromatic rings. The average Bonchev–Trinajstić information content (AvgIpc) is 3.93. The Hall–Kier alpha value is -6.08. The summed E-state index contributed by atoms with van der Waals surface area (Å²) in [6, 6.07) is 49.7. The number of hydrogen-bond acceptors (Lipinski definition) is 5. The average molecular weight is 674 g/mol. The van der Waals surface area contributed by atoms with E-state index in [1.807, 2.05) is 23.5 Å². The van der Waals surface area contributed by atoms with Crippen LogP contribution in [0.5, 0.6) is 0 Å².